The summed E-state index contributed by atoms with van der Waals surface area (Å²) in [5, 5.41) is 10.1. The number of fused-ring (bicyclic) bond motifs is 2. The molecular weight excluding hydrogens is 374 g/mol. The molecule has 1 aliphatic heterocycles. The standard InChI is InChI=1S/C22H21NO4S/c1-3-26-18-10-14-8-13(2)27-19(14)11-15(18)9-16(12-21(24)25)22-23-17-6-4-5-7-20(17)28-22/h4-7,9-11,13H,3,8,12H2,1-2H3,(H,24,25). The second-order valence-electron chi connectivity index (χ2n) is 6.79. The van der Waals surface area contributed by atoms with Gasteiger partial charge >= 0.3 is 5.97 Å². The van der Waals surface area contributed by atoms with E-state index in [1.54, 1.807) is 0 Å². The lowest BCUT2D eigenvalue weighted by Gasteiger charge is -2.11. The summed E-state index contributed by atoms with van der Waals surface area (Å²) in [4.78, 5) is 16.1. The molecule has 0 aliphatic carbocycles. The highest BCUT2D eigenvalue weighted by Crippen LogP contribution is 2.38. The van der Waals surface area contributed by atoms with Gasteiger partial charge in [0, 0.05) is 17.5 Å². The fourth-order valence-electron chi connectivity index (χ4n) is 3.40. The van der Waals surface area contributed by atoms with Gasteiger partial charge in [-0.05, 0) is 49.8 Å². The van der Waals surface area contributed by atoms with Crippen LogP contribution in [0.1, 0.15) is 36.4 Å². The molecule has 28 heavy (non-hydrogen) atoms. The molecule has 0 bridgehead atoms. The zero-order valence-corrected chi connectivity index (χ0v) is 16.6. The van der Waals surface area contributed by atoms with E-state index in [0.29, 0.717) is 17.2 Å². The first-order chi connectivity index (χ1) is 13.5. The molecule has 1 unspecified atom stereocenters. The molecule has 1 N–H and O–H groups in total. The second-order valence-corrected chi connectivity index (χ2v) is 7.82. The van der Waals surface area contributed by atoms with Crippen LogP contribution >= 0.6 is 11.3 Å². The third-order valence-corrected chi connectivity index (χ3v) is 5.68. The number of thiazole rings is 1. The van der Waals surface area contributed by atoms with E-state index in [0.717, 1.165) is 39.3 Å². The quantitative estimate of drug-likeness (QED) is 0.634. The highest BCUT2D eigenvalue weighted by Gasteiger charge is 2.22. The van der Waals surface area contributed by atoms with Crippen molar-refractivity contribution in [1.82, 2.24) is 4.98 Å². The van der Waals surface area contributed by atoms with Crippen molar-refractivity contribution in [1.29, 1.82) is 0 Å². The molecule has 4 rings (SSSR count). The van der Waals surface area contributed by atoms with Gasteiger partial charge in [-0.25, -0.2) is 4.98 Å². The molecule has 3 aromatic rings. The van der Waals surface area contributed by atoms with Gasteiger partial charge in [0.05, 0.1) is 23.2 Å². The minimum Gasteiger partial charge on any atom is -0.493 e. The van der Waals surface area contributed by atoms with Gasteiger partial charge in [0.2, 0.25) is 0 Å². The summed E-state index contributed by atoms with van der Waals surface area (Å²) in [7, 11) is 0. The average molecular weight is 395 g/mol. The molecule has 0 saturated carbocycles. The van der Waals surface area contributed by atoms with E-state index in [4.69, 9.17) is 9.47 Å². The summed E-state index contributed by atoms with van der Waals surface area (Å²) in [5.41, 5.74) is 3.45. The van der Waals surface area contributed by atoms with Crippen molar-refractivity contribution in [3.05, 3.63) is 52.5 Å². The van der Waals surface area contributed by atoms with Gasteiger partial charge in [0.1, 0.15) is 22.6 Å². The van der Waals surface area contributed by atoms with Crippen molar-refractivity contribution in [2.45, 2.75) is 32.8 Å². The van der Waals surface area contributed by atoms with Crippen LogP contribution in [0.5, 0.6) is 11.5 Å². The molecule has 0 spiro atoms. The minimum atomic E-state index is -0.894. The average Bonchev–Trinajstić information content (AvgIpc) is 3.23. The van der Waals surface area contributed by atoms with Gasteiger partial charge < -0.3 is 14.6 Å². The van der Waals surface area contributed by atoms with Crippen LogP contribution in [0.2, 0.25) is 0 Å². The third kappa shape index (κ3) is 3.73. The Hall–Kier alpha value is -2.86. The molecule has 0 fully saturated rings. The van der Waals surface area contributed by atoms with Crippen LogP contribution in [-0.4, -0.2) is 28.8 Å². The Morgan fingerprint density at radius 3 is 2.96 bits per heavy atom. The summed E-state index contributed by atoms with van der Waals surface area (Å²) in [5.74, 6) is 0.679. The maximum Gasteiger partial charge on any atom is 0.307 e. The van der Waals surface area contributed by atoms with Gasteiger partial charge in [0.15, 0.2) is 0 Å². The van der Waals surface area contributed by atoms with Crippen LogP contribution in [0.4, 0.5) is 0 Å². The number of carbonyl (C=O) groups is 1. The first-order valence-electron chi connectivity index (χ1n) is 9.28. The van der Waals surface area contributed by atoms with E-state index in [9.17, 15) is 9.90 Å². The zero-order chi connectivity index (χ0) is 19.7. The largest absolute Gasteiger partial charge is 0.493 e. The number of aromatic nitrogens is 1. The first-order valence-corrected chi connectivity index (χ1v) is 10.1. The second kappa shape index (κ2) is 7.64. The van der Waals surface area contributed by atoms with Crippen LogP contribution in [-0.2, 0) is 11.2 Å². The lowest BCUT2D eigenvalue weighted by atomic mass is 10.0. The molecule has 1 aromatic heterocycles. The topological polar surface area (TPSA) is 68.7 Å². The molecule has 5 nitrogen and oxygen atoms in total. The number of aliphatic carboxylic acids is 1. The number of rotatable bonds is 6. The van der Waals surface area contributed by atoms with Crippen LogP contribution < -0.4 is 9.47 Å². The van der Waals surface area contributed by atoms with Crippen molar-refractivity contribution in [3.63, 3.8) is 0 Å². The number of ether oxygens (including phenoxy) is 2. The predicted molar refractivity (Wildman–Crippen MR) is 111 cm³/mol. The molecule has 0 radical (unpaired) electrons. The summed E-state index contributed by atoms with van der Waals surface area (Å²) in [6, 6.07) is 11.8. The molecule has 6 heteroatoms. The molecule has 0 saturated heterocycles. The van der Waals surface area contributed by atoms with E-state index in [2.05, 4.69) is 4.98 Å². The number of benzene rings is 2. The molecule has 1 aliphatic rings. The Labute approximate surface area is 167 Å². The van der Waals surface area contributed by atoms with E-state index >= 15 is 0 Å². The van der Waals surface area contributed by atoms with Gasteiger partial charge in [0.25, 0.3) is 0 Å². The molecule has 0 amide bonds. The molecule has 2 aromatic carbocycles. The molecule has 1 atom stereocenters. The monoisotopic (exact) mass is 395 g/mol. The normalized spacial score (nSPS) is 16.1. The predicted octanol–water partition coefficient (Wildman–Crippen LogP) is 5.03. The number of hydrogen-bond donors (Lipinski definition) is 1. The number of para-hydroxylation sites is 1. The fourth-order valence-corrected chi connectivity index (χ4v) is 4.38. The first kappa shape index (κ1) is 18.5. The number of hydrogen-bond acceptors (Lipinski definition) is 5. The van der Waals surface area contributed by atoms with Crippen LogP contribution in [0.15, 0.2) is 36.4 Å². The minimum absolute atomic E-state index is 0.111. The lowest BCUT2D eigenvalue weighted by Crippen LogP contribution is -2.05. The van der Waals surface area contributed by atoms with Gasteiger partial charge in [-0.15, -0.1) is 11.3 Å². The van der Waals surface area contributed by atoms with E-state index in [1.165, 1.54) is 11.3 Å². The number of carboxylic acids is 1. The fraction of sp³-hybridized carbons (Fsp3) is 0.273. The maximum atomic E-state index is 11.5. The summed E-state index contributed by atoms with van der Waals surface area (Å²) < 4.78 is 12.7. The van der Waals surface area contributed by atoms with Crippen molar-refractivity contribution >= 4 is 39.2 Å². The van der Waals surface area contributed by atoms with Crippen LogP contribution in [0.25, 0.3) is 21.9 Å². The Morgan fingerprint density at radius 2 is 2.21 bits per heavy atom. The summed E-state index contributed by atoms with van der Waals surface area (Å²) in [6.07, 6.45) is 2.73. The molecular formula is C22H21NO4S. The SMILES string of the molecule is CCOc1cc2c(cc1C=C(CC(=O)O)c1nc3ccccc3s1)OC(C)C2. The van der Waals surface area contributed by atoms with Crippen molar-refractivity contribution in [3.8, 4) is 11.5 Å². The number of nitrogens with zero attached hydrogens (tertiary/aromatic N) is 1. The lowest BCUT2D eigenvalue weighted by molar-refractivity contribution is -0.135. The van der Waals surface area contributed by atoms with Crippen molar-refractivity contribution < 1.29 is 19.4 Å². The van der Waals surface area contributed by atoms with Crippen molar-refractivity contribution in [2.75, 3.05) is 6.61 Å². The Bertz CT molecular complexity index is 1040. The third-order valence-electron chi connectivity index (χ3n) is 4.57. The van der Waals surface area contributed by atoms with Crippen LogP contribution in [0, 0.1) is 0 Å². The Kier molecular flexibility index (Phi) is 5.05. The highest BCUT2D eigenvalue weighted by atomic mass is 32.1. The van der Waals surface area contributed by atoms with E-state index < -0.39 is 5.97 Å². The highest BCUT2D eigenvalue weighted by molar-refractivity contribution is 7.19. The van der Waals surface area contributed by atoms with Gasteiger partial charge in [-0.1, -0.05) is 12.1 Å². The Morgan fingerprint density at radius 1 is 1.39 bits per heavy atom. The van der Waals surface area contributed by atoms with E-state index in [-0.39, 0.29) is 12.5 Å². The summed E-state index contributed by atoms with van der Waals surface area (Å²) >= 11 is 1.50. The van der Waals surface area contributed by atoms with Gasteiger partial charge in [-0.2, -0.15) is 0 Å². The molecule has 144 valence electrons. The maximum absolute atomic E-state index is 11.5. The summed E-state index contributed by atoms with van der Waals surface area (Å²) in [6.45, 7) is 4.50. The van der Waals surface area contributed by atoms with Crippen LogP contribution in [0.3, 0.4) is 0 Å². The van der Waals surface area contributed by atoms with Gasteiger partial charge in [-0.3, -0.25) is 4.79 Å². The number of carboxylic acid groups (broad SMARTS) is 1. The Balaban J connectivity index is 1.82. The smallest absolute Gasteiger partial charge is 0.307 e. The zero-order valence-electron chi connectivity index (χ0n) is 15.8. The van der Waals surface area contributed by atoms with Crippen molar-refractivity contribution in [2.24, 2.45) is 0 Å². The van der Waals surface area contributed by atoms with E-state index in [1.807, 2.05) is 56.3 Å². The molecule has 2 heterocycles.